The van der Waals surface area contributed by atoms with Crippen LogP contribution in [0.25, 0.3) is 0 Å². The second-order valence-electron chi connectivity index (χ2n) is 3.89. The third kappa shape index (κ3) is 3.46. The first-order chi connectivity index (χ1) is 6.74. The number of ether oxygens (including phenoxy) is 1. The molecule has 1 aromatic rings. The maximum absolute atomic E-state index is 5.00. The number of methoxy groups -OCH3 is 1. The van der Waals surface area contributed by atoms with Crippen LogP contribution in [0.4, 0.5) is 0 Å². The summed E-state index contributed by atoms with van der Waals surface area (Å²) in [6.45, 7) is 6.17. The van der Waals surface area contributed by atoms with Gasteiger partial charge in [-0.05, 0) is 12.3 Å². The van der Waals surface area contributed by atoms with E-state index in [0.29, 0.717) is 5.92 Å². The Kier molecular flexibility index (Phi) is 4.59. The molecule has 0 atom stereocenters. The van der Waals surface area contributed by atoms with E-state index in [4.69, 9.17) is 4.74 Å². The molecule has 0 aliphatic rings. The van der Waals surface area contributed by atoms with Crippen LogP contribution in [-0.2, 0) is 17.7 Å². The smallest absolute Gasteiger partial charge is 0.132 e. The zero-order valence-electron chi connectivity index (χ0n) is 9.23. The SMILES string of the molecule is COCCCc1nncn1CC(C)C. The summed E-state index contributed by atoms with van der Waals surface area (Å²) in [7, 11) is 1.72. The number of aromatic nitrogens is 3. The fourth-order valence-corrected chi connectivity index (χ4v) is 1.39. The molecule has 14 heavy (non-hydrogen) atoms. The topological polar surface area (TPSA) is 39.9 Å². The van der Waals surface area contributed by atoms with Crippen LogP contribution >= 0.6 is 0 Å². The molecular formula is C10H19N3O. The molecule has 0 fully saturated rings. The number of aryl methyl sites for hydroxylation is 1. The first-order valence-electron chi connectivity index (χ1n) is 5.09. The van der Waals surface area contributed by atoms with Gasteiger partial charge in [0.25, 0.3) is 0 Å². The highest BCUT2D eigenvalue weighted by Crippen LogP contribution is 2.04. The molecule has 0 spiro atoms. The van der Waals surface area contributed by atoms with Crippen LogP contribution < -0.4 is 0 Å². The van der Waals surface area contributed by atoms with E-state index in [0.717, 1.165) is 31.8 Å². The van der Waals surface area contributed by atoms with Gasteiger partial charge in [-0.25, -0.2) is 0 Å². The molecule has 0 bridgehead atoms. The van der Waals surface area contributed by atoms with Crippen molar-refractivity contribution in [2.75, 3.05) is 13.7 Å². The van der Waals surface area contributed by atoms with Crippen molar-refractivity contribution < 1.29 is 4.74 Å². The standard InChI is InChI=1S/C10H19N3O/c1-9(2)7-13-8-11-12-10(13)5-4-6-14-3/h8-9H,4-7H2,1-3H3. The molecule has 1 rings (SSSR count). The van der Waals surface area contributed by atoms with Crippen molar-refractivity contribution in [2.45, 2.75) is 33.2 Å². The van der Waals surface area contributed by atoms with E-state index in [9.17, 15) is 0 Å². The maximum atomic E-state index is 5.00. The van der Waals surface area contributed by atoms with Crippen LogP contribution in [0.3, 0.4) is 0 Å². The highest BCUT2D eigenvalue weighted by atomic mass is 16.5. The minimum absolute atomic E-state index is 0.632. The minimum Gasteiger partial charge on any atom is -0.385 e. The fraction of sp³-hybridized carbons (Fsp3) is 0.800. The highest BCUT2D eigenvalue weighted by Gasteiger charge is 2.04. The average molecular weight is 197 g/mol. The summed E-state index contributed by atoms with van der Waals surface area (Å²) in [5.41, 5.74) is 0. The second kappa shape index (κ2) is 5.75. The molecule has 0 aromatic carbocycles. The lowest BCUT2D eigenvalue weighted by atomic mass is 10.2. The van der Waals surface area contributed by atoms with Crippen molar-refractivity contribution in [3.8, 4) is 0 Å². The minimum atomic E-state index is 0.632. The molecule has 0 radical (unpaired) electrons. The van der Waals surface area contributed by atoms with Crippen molar-refractivity contribution in [2.24, 2.45) is 5.92 Å². The summed E-state index contributed by atoms with van der Waals surface area (Å²) < 4.78 is 7.13. The van der Waals surface area contributed by atoms with E-state index < -0.39 is 0 Å². The Morgan fingerprint density at radius 2 is 2.29 bits per heavy atom. The largest absolute Gasteiger partial charge is 0.385 e. The van der Waals surface area contributed by atoms with E-state index in [1.54, 1.807) is 7.11 Å². The predicted octanol–water partition coefficient (Wildman–Crippen LogP) is 1.51. The van der Waals surface area contributed by atoms with Crippen molar-refractivity contribution in [1.82, 2.24) is 14.8 Å². The van der Waals surface area contributed by atoms with Crippen LogP contribution in [0, 0.1) is 5.92 Å². The Hall–Kier alpha value is -0.900. The van der Waals surface area contributed by atoms with E-state index >= 15 is 0 Å². The zero-order valence-corrected chi connectivity index (χ0v) is 9.23. The van der Waals surface area contributed by atoms with E-state index in [1.165, 1.54) is 0 Å². The Morgan fingerprint density at radius 1 is 1.50 bits per heavy atom. The quantitative estimate of drug-likeness (QED) is 0.649. The average Bonchev–Trinajstić information content (AvgIpc) is 2.52. The molecular weight excluding hydrogens is 178 g/mol. The van der Waals surface area contributed by atoms with Crippen LogP contribution in [0.15, 0.2) is 6.33 Å². The molecule has 1 aromatic heterocycles. The summed E-state index contributed by atoms with van der Waals surface area (Å²) >= 11 is 0. The van der Waals surface area contributed by atoms with E-state index in [-0.39, 0.29) is 0 Å². The van der Waals surface area contributed by atoms with Crippen molar-refractivity contribution >= 4 is 0 Å². The lowest BCUT2D eigenvalue weighted by molar-refractivity contribution is 0.194. The summed E-state index contributed by atoms with van der Waals surface area (Å²) in [5.74, 6) is 1.70. The Labute approximate surface area is 85.3 Å². The van der Waals surface area contributed by atoms with Crippen LogP contribution in [-0.4, -0.2) is 28.5 Å². The Morgan fingerprint density at radius 3 is 2.93 bits per heavy atom. The van der Waals surface area contributed by atoms with Crippen LogP contribution in [0.5, 0.6) is 0 Å². The fourth-order valence-electron chi connectivity index (χ4n) is 1.39. The van der Waals surface area contributed by atoms with Gasteiger partial charge < -0.3 is 9.30 Å². The van der Waals surface area contributed by atoms with Gasteiger partial charge in [-0.1, -0.05) is 13.8 Å². The lowest BCUT2D eigenvalue weighted by Gasteiger charge is -2.08. The van der Waals surface area contributed by atoms with Crippen molar-refractivity contribution in [1.29, 1.82) is 0 Å². The summed E-state index contributed by atoms with van der Waals surface area (Å²) in [4.78, 5) is 0. The van der Waals surface area contributed by atoms with Gasteiger partial charge in [0.1, 0.15) is 12.2 Å². The molecule has 0 saturated heterocycles. The number of hydrogen-bond acceptors (Lipinski definition) is 3. The van der Waals surface area contributed by atoms with E-state index in [2.05, 4.69) is 28.6 Å². The maximum Gasteiger partial charge on any atom is 0.132 e. The van der Waals surface area contributed by atoms with Gasteiger partial charge >= 0.3 is 0 Å². The molecule has 0 saturated carbocycles. The van der Waals surface area contributed by atoms with Gasteiger partial charge in [-0.15, -0.1) is 10.2 Å². The summed E-state index contributed by atoms with van der Waals surface area (Å²) in [6.07, 6.45) is 3.76. The molecule has 0 aliphatic heterocycles. The lowest BCUT2D eigenvalue weighted by Crippen LogP contribution is -2.08. The van der Waals surface area contributed by atoms with Gasteiger partial charge in [0.2, 0.25) is 0 Å². The molecule has 1 heterocycles. The first-order valence-corrected chi connectivity index (χ1v) is 5.09. The predicted molar refractivity (Wildman–Crippen MR) is 55.1 cm³/mol. The number of nitrogens with zero attached hydrogens (tertiary/aromatic N) is 3. The van der Waals surface area contributed by atoms with Crippen molar-refractivity contribution in [3.63, 3.8) is 0 Å². The molecule has 4 nitrogen and oxygen atoms in total. The second-order valence-corrected chi connectivity index (χ2v) is 3.89. The third-order valence-electron chi connectivity index (χ3n) is 2.01. The molecule has 0 unspecified atom stereocenters. The van der Waals surface area contributed by atoms with Gasteiger partial charge in [-0.3, -0.25) is 0 Å². The normalized spacial score (nSPS) is 11.1. The van der Waals surface area contributed by atoms with Crippen molar-refractivity contribution in [3.05, 3.63) is 12.2 Å². The zero-order chi connectivity index (χ0) is 10.4. The van der Waals surface area contributed by atoms with Crippen LogP contribution in [0.2, 0.25) is 0 Å². The van der Waals surface area contributed by atoms with Gasteiger partial charge in [0.05, 0.1) is 0 Å². The Bertz CT molecular complexity index is 258. The summed E-state index contributed by atoms with van der Waals surface area (Å²) in [6, 6.07) is 0. The Balaban J connectivity index is 2.45. The van der Waals surface area contributed by atoms with Gasteiger partial charge in [-0.2, -0.15) is 0 Å². The molecule has 0 aliphatic carbocycles. The molecule has 4 heteroatoms. The highest BCUT2D eigenvalue weighted by molar-refractivity contribution is 4.86. The van der Waals surface area contributed by atoms with Crippen LogP contribution in [0.1, 0.15) is 26.1 Å². The monoisotopic (exact) mass is 197 g/mol. The molecule has 0 amide bonds. The van der Waals surface area contributed by atoms with E-state index in [1.807, 2.05) is 6.33 Å². The number of hydrogen-bond donors (Lipinski definition) is 0. The third-order valence-corrected chi connectivity index (χ3v) is 2.01. The molecule has 80 valence electrons. The first kappa shape index (κ1) is 11.2. The van der Waals surface area contributed by atoms with Gasteiger partial charge in [0, 0.05) is 26.7 Å². The molecule has 0 N–H and O–H groups in total. The van der Waals surface area contributed by atoms with Gasteiger partial charge in [0.15, 0.2) is 0 Å². The number of rotatable bonds is 6. The summed E-state index contributed by atoms with van der Waals surface area (Å²) in [5, 5.41) is 8.02.